The highest BCUT2D eigenvalue weighted by Gasteiger charge is 2.28. The Balaban J connectivity index is 1.84. The number of aryl methyl sites for hydroxylation is 2. The Labute approximate surface area is 151 Å². The second-order valence-corrected chi connectivity index (χ2v) is 6.31. The fourth-order valence-corrected chi connectivity index (χ4v) is 3.24. The Bertz CT molecular complexity index is 854. The molecule has 1 fully saturated rings. The van der Waals surface area contributed by atoms with Crippen LogP contribution in [0.2, 0.25) is 0 Å². The summed E-state index contributed by atoms with van der Waals surface area (Å²) < 4.78 is 0. The molecule has 0 bridgehead atoms. The quantitative estimate of drug-likeness (QED) is 0.779. The molecule has 4 amide bonds. The number of carbonyl (C=O) groups excluding carboxylic acids is 3. The normalized spacial score (nSPS) is 15.6. The van der Waals surface area contributed by atoms with Crippen molar-refractivity contribution in [3.05, 3.63) is 46.8 Å². The number of para-hydroxylation sites is 1. The smallest absolute Gasteiger partial charge is 0.328 e. The molecule has 0 aliphatic carbocycles. The van der Waals surface area contributed by atoms with Crippen molar-refractivity contribution in [1.82, 2.24) is 20.8 Å². The zero-order valence-corrected chi connectivity index (χ0v) is 14.9. The van der Waals surface area contributed by atoms with Crippen molar-refractivity contribution in [3.63, 3.8) is 0 Å². The molecule has 0 radical (unpaired) electrons. The number of aromatic amines is 1. The van der Waals surface area contributed by atoms with E-state index in [4.69, 9.17) is 0 Å². The largest absolute Gasteiger partial charge is 0.345 e. The molecule has 1 aliphatic rings. The standard InChI is InChI=1S/C18H21N5O3/c1-10(16-11(2)21-22-12(16)3)19-17(25)13-6-4-5-7-14(13)23-9-8-15(24)20-18(23)26/h4-7,10H,8-9H2,1-3H3,(H,19,25)(H,21,22)(H,20,24,26)/t10-/m0/s1. The van der Waals surface area contributed by atoms with E-state index in [0.717, 1.165) is 17.0 Å². The molecular weight excluding hydrogens is 334 g/mol. The first kappa shape index (κ1) is 17.7. The van der Waals surface area contributed by atoms with Crippen molar-refractivity contribution >= 4 is 23.5 Å². The first-order valence-electron chi connectivity index (χ1n) is 8.41. The van der Waals surface area contributed by atoms with Crippen LogP contribution in [0.25, 0.3) is 0 Å². The molecule has 1 aromatic heterocycles. The van der Waals surface area contributed by atoms with Crippen LogP contribution >= 0.6 is 0 Å². The highest BCUT2D eigenvalue weighted by Crippen LogP contribution is 2.24. The number of hydrogen-bond donors (Lipinski definition) is 3. The molecule has 3 rings (SSSR count). The number of imide groups is 1. The number of rotatable bonds is 4. The van der Waals surface area contributed by atoms with Gasteiger partial charge in [0.15, 0.2) is 0 Å². The zero-order valence-electron chi connectivity index (χ0n) is 14.9. The van der Waals surface area contributed by atoms with Gasteiger partial charge in [0, 0.05) is 24.2 Å². The fraction of sp³-hybridized carbons (Fsp3) is 0.333. The third-order valence-electron chi connectivity index (χ3n) is 4.46. The molecule has 2 aromatic rings. The first-order chi connectivity index (χ1) is 12.4. The van der Waals surface area contributed by atoms with Crippen LogP contribution in [0.4, 0.5) is 10.5 Å². The number of hydrogen-bond acceptors (Lipinski definition) is 4. The van der Waals surface area contributed by atoms with E-state index in [9.17, 15) is 14.4 Å². The van der Waals surface area contributed by atoms with E-state index < -0.39 is 6.03 Å². The second kappa shape index (κ2) is 6.99. The third-order valence-corrected chi connectivity index (χ3v) is 4.46. The van der Waals surface area contributed by atoms with Crippen LogP contribution in [0.3, 0.4) is 0 Å². The maximum atomic E-state index is 12.8. The van der Waals surface area contributed by atoms with Gasteiger partial charge in [0.25, 0.3) is 5.91 Å². The monoisotopic (exact) mass is 355 g/mol. The van der Waals surface area contributed by atoms with Crippen molar-refractivity contribution < 1.29 is 14.4 Å². The number of aromatic nitrogens is 2. The topological polar surface area (TPSA) is 107 Å². The number of anilines is 1. The summed E-state index contributed by atoms with van der Waals surface area (Å²) in [4.78, 5) is 37.7. The van der Waals surface area contributed by atoms with Crippen LogP contribution in [0.5, 0.6) is 0 Å². The molecule has 26 heavy (non-hydrogen) atoms. The zero-order chi connectivity index (χ0) is 18.8. The minimum absolute atomic E-state index is 0.200. The summed E-state index contributed by atoms with van der Waals surface area (Å²) >= 11 is 0. The van der Waals surface area contributed by atoms with Crippen LogP contribution in [0, 0.1) is 13.8 Å². The van der Waals surface area contributed by atoms with Gasteiger partial charge in [-0.05, 0) is 32.9 Å². The van der Waals surface area contributed by atoms with Crippen LogP contribution in [0.15, 0.2) is 24.3 Å². The summed E-state index contributed by atoms with van der Waals surface area (Å²) in [6, 6.07) is 6.09. The molecule has 0 unspecified atom stereocenters. The predicted molar refractivity (Wildman–Crippen MR) is 95.9 cm³/mol. The summed E-state index contributed by atoms with van der Waals surface area (Å²) in [7, 11) is 0. The molecule has 136 valence electrons. The van der Waals surface area contributed by atoms with Gasteiger partial charge in [-0.3, -0.25) is 24.9 Å². The molecule has 0 spiro atoms. The van der Waals surface area contributed by atoms with Gasteiger partial charge >= 0.3 is 6.03 Å². The first-order valence-corrected chi connectivity index (χ1v) is 8.41. The van der Waals surface area contributed by atoms with Crippen molar-refractivity contribution in [2.75, 3.05) is 11.4 Å². The minimum Gasteiger partial charge on any atom is -0.345 e. The van der Waals surface area contributed by atoms with Gasteiger partial charge in [0.05, 0.1) is 23.0 Å². The van der Waals surface area contributed by atoms with Crippen molar-refractivity contribution in [2.45, 2.75) is 33.2 Å². The van der Waals surface area contributed by atoms with Gasteiger partial charge in [0.2, 0.25) is 5.91 Å². The Hall–Kier alpha value is -3.16. The molecule has 8 heteroatoms. The highest BCUT2D eigenvalue weighted by atomic mass is 16.2. The van der Waals surface area contributed by atoms with Gasteiger partial charge in [-0.2, -0.15) is 5.10 Å². The molecule has 8 nitrogen and oxygen atoms in total. The van der Waals surface area contributed by atoms with Crippen LogP contribution in [-0.4, -0.2) is 34.6 Å². The summed E-state index contributed by atoms with van der Waals surface area (Å²) in [6.07, 6.45) is 0.200. The molecule has 1 aromatic carbocycles. The fourth-order valence-electron chi connectivity index (χ4n) is 3.24. The van der Waals surface area contributed by atoms with E-state index in [1.807, 2.05) is 20.8 Å². The molecule has 1 aliphatic heterocycles. The highest BCUT2D eigenvalue weighted by molar-refractivity contribution is 6.09. The van der Waals surface area contributed by atoms with Crippen molar-refractivity contribution in [3.8, 4) is 0 Å². The van der Waals surface area contributed by atoms with Crippen molar-refractivity contribution in [1.29, 1.82) is 0 Å². The van der Waals surface area contributed by atoms with E-state index >= 15 is 0 Å². The maximum absolute atomic E-state index is 12.8. The average Bonchev–Trinajstić information content (AvgIpc) is 2.93. The number of nitrogens with one attached hydrogen (secondary N) is 3. The van der Waals surface area contributed by atoms with Crippen LogP contribution in [0.1, 0.15) is 46.7 Å². The Kier molecular flexibility index (Phi) is 4.75. The molecule has 2 heterocycles. The SMILES string of the molecule is Cc1n[nH]c(C)c1[C@H](C)NC(=O)c1ccccc1N1CCC(=O)NC1=O. The minimum atomic E-state index is -0.518. The Morgan fingerprint density at radius 1 is 1.27 bits per heavy atom. The summed E-state index contributed by atoms with van der Waals surface area (Å²) in [6.45, 7) is 5.91. The number of nitrogens with zero attached hydrogens (tertiary/aromatic N) is 2. The average molecular weight is 355 g/mol. The van der Waals surface area contributed by atoms with Crippen LogP contribution < -0.4 is 15.5 Å². The van der Waals surface area contributed by atoms with Crippen LogP contribution in [-0.2, 0) is 4.79 Å². The lowest BCUT2D eigenvalue weighted by atomic mass is 10.1. The summed E-state index contributed by atoms with van der Waals surface area (Å²) in [5.41, 5.74) is 3.53. The lowest BCUT2D eigenvalue weighted by Crippen LogP contribution is -2.50. The van der Waals surface area contributed by atoms with E-state index in [-0.39, 0.29) is 30.8 Å². The second-order valence-electron chi connectivity index (χ2n) is 6.31. The van der Waals surface area contributed by atoms with E-state index in [1.54, 1.807) is 24.3 Å². The van der Waals surface area contributed by atoms with Gasteiger partial charge in [0.1, 0.15) is 0 Å². The van der Waals surface area contributed by atoms with Gasteiger partial charge in [-0.15, -0.1) is 0 Å². The van der Waals surface area contributed by atoms with Gasteiger partial charge in [-0.25, -0.2) is 4.79 Å². The lowest BCUT2D eigenvalue weighted by Gasteiger charge is -2.28. The summed E-state index contributed by atoms with van der Waals surface area (Å²) in [5.74, 6) is -0.606. The van der Waals surface area contributed by atoms with E-state index in [2.05, 4.69) is 20.8 Å². The number of urea groups is 1. The van der Waals surface area contributed by atoms with E-state index in [0.29, 0.717) is 11.3 Å². The van der Waals surface area contributed by atoms with E-state index in [1.165, 1.54) is 4.90 Å². The molecular formula is C18H21N5O3. The van der Waals surface area contributed by atoms with Gasteiger partial charge in [-0.1, -0.05) is 12.1 Å². The van der Waals surface area contributed by atoms with Crippen molar-refractivity contribution in [2.24, 2.45) is 0 Å². The number of amides is 4. The Morgan fingerprint density at radius 2 is 2.00 bits per heavy atom. The summed E-state index contributed by atoms with van der Waals surface area (Å²) in [5, 5.41) is 12.3. The predicted octanol–water partition coefficient (Wildman–Crippen LogP) is 1.96. The number of benzene rings is 1. The lowest BCUT2D eigenvalue weighted by molar-refractivity contribution is -0.120. The maximum Gasteiger partial charge on any atom is 0.328 e. The number of carbonyl (C=O) groups is 3. The Morgan fingerprint density at radius 3 is 2.65 bits per heavy atom. The molecule has 0 saturated carbocycles. The molecule has 3 N–H and O–H groups in total. The van der Waals surface area contributed by atoms with Gasteiger partial charge < -0.3 is 5.32 Å². The third kappa shape index (κ3) is 3.30. The number of H-pyrrole nitrogens is 1. The molecule has 1 atom stereocenters. The molecule has 1 saturated heterocycles.